The number of unbranched alkanes of at least 4 members (excludes halogenated alkanes) is 30. The largest absolute Gasteiger partial charge is 0.462 e. The Morgan fingerprint density at radius 1 is 0.459 bits per heavy atom. The summed E-state index contributed by atoms with van der Waals surface area (Å²) in [7, 11) is 1.73. The fourth-order valence-corrected chi connectivity index (χ4v) is 8.08. The molecule has 0 aromatic heterocycles. The lowest BCUT2D eigenvalue weighted by Crippen LogP contribution is -2.32. The second kappa shape index (κ2) is 44.0. The third-order valence-corrected chi connectivity index (χ3v) is 12.8. The molecule has 0 spiro atoms. The van der Waals surface area contributed by atoms with E-state index in [4.69, 9.17) is 18.9 Å². The van der Waals surface area contributed by atoms with Crippen molar-refractivity contribution in [1.29, 1.82) is 0 Å². The molecule has 0 aliphatic rings. The predicted molar refractivity (Wildman–Crippen MR) is 262 cm³/mol. The van der Waals surface area contributed by atoms with Crippen molar-refractivity contribution in [2.75, 3.05) is 33.5 Å². The van der Waals surface area contributed by atoms with E-state index in [1.165, 1.54) is 193 Å². The van der Waals surface area contributed by atoms with Crippen LogP contribution in [-0.2, 0) is 28.5 Å². The number of carbonyl (C=O) groups excluding carboxylic acids is 2. The van der Waals surface area contributed by atoms with E-state index >= 15 is 0 Å². The fraction of sp³-hybridized carbons (Fsp3) is 0.963. The van der Waals surface area contributed by atoms with E-state index in [0.717, 1.165) is 38.5 Å². The summed E-state index contributed by atoms with van der Waals surface area (Å²) >= 11 is 0. The summed E-state index contributed by atoms with van der Waals surface area (Å²) in [4.78, 5) is 25.4. The third kappa shape index (κ3) is 45.2. The number of ether oxygens (including phenoxy) is 4. The topological polar surface area (TPSA) is 83.1 Å². The molecule has 0 saturated carbocycles. The molecule has 0 radical (unpaired) electrons. The van der Waals surface area contributed by atoms with Crippen LogP contribution in [0.1, 0.15) is 286 Å². The molecule has 0 saturated heterocycles. The Morgan fingerprint density at radius 3 is 1.20 bits per heavy atom. The lowest BCUT2D eigenvalue weighted by Gasteiger charge is -2.28. The van der Waals surface area contributed by atoms with E-state index < -0.39 is 0 Å². The van der Waals surface area contributed by atoms with Crippen molar-refractivity contribution in [2.24, 2.45) is 0 Å². The second-order valence-corrected chi connectivity index (χ2v) is 19.8. The molecule has 0 bridgehead atoms. The van der Waals surface area contributed by atoms with E-state index in [1.807, 2.05) is 0 Å². The highest BCUT2D eigenvalue weighted by molar-refractivity contribution is 5.81. The summed E-state index contributed by atoms with van der Waals surface area (Å²) in [5, 5.41) is 2.90. The molecule has 0 aliphatic carbocycles. The number of nitrogens with one attached hydrogen (secondary N) is 1. The van der Waals surface area contributed by atoms with Gasteiger partial charge in [-0.05, 0) is 66.2 Å². The van der Waals surface area contributed by atoms with Crippen molar-refractivity contribution in [2.45, 2.75) is 303 Å². The number of rotatable bonds is 49. The minimum Gasteiger partial charge on any atom is -0.462 e. The van der Waals surface area contributed by atoms with Crippen molar-refractivity contribution in [3.63, 3.8) is 0 Å². The van der Waals surface area contributed by atoms with Crippen LogP contribution in [-0.4, -0.2) is 62.7 Å². The number of esters is 1. The fourth-order valence-electron chi connectivity index (χ4n) is 8.08. The lowest BCUT2D eigenvalue weighted by molar-refractivity contribution is -0.151. The summed E-state index contributed by atoms with van der Waals surface area (Å²) < 4.78 is 23.3. The highest BCUT2D eigenvalue weighted by atomic mass is 16.5. The minimum absolute atomic E-state index is 0.0260. The minimum atomic E-state index is -0.288. The molecule has 0 rings (SSSR count). The van der Waals surface area contributed by atoms with Crippen molar-refractivity contribution in [3.05, 3.63) is 0 Å². The van der Waals surface area contributed by atoms with Gasteiger partial charge in [-0.25, -0.2) is 0 Å². The molecule has 0 aromatic rings. The van der Waals surface area contributed by atoms with Crippen molar-refractivity contribution in [1.82, 2.24) is 5.32 Å². The maximum Gasteiger partial charge on any atom is 0.306 e. The Kier molecular flexibility index (Phi) is 43.2. The lowest BCUT2D eigenvalue weighted by atomic mass is 10.0. The Morgan fingerprint density at radius 2 is 0.820 bits per heavy atom. The summed E-state index contributed by atoms with van der Waals surface area (Å²) in [5.74, 6) is -0.363. The van der Waals surface area contributed by atoms with Gasteiger partial charge in [0.2, 0.25) is 5.91 Å². The van der Waals surface area contributed by atoms with Gasteiger partial charge in [-0.3, -0.25) is 9.59 Å². The first-order chi connectivity index (χ1) is 29.5. The zero-order valence-corrected chi connectivity index (χ0v) is 42.2. The van der Waals surface area contributed by atoms with E-state index in [1.54, 1.807) is 7.11 Å². The zero-order valence-electron chi connectivity index (χ0n) is 42.2. The quantitative estimate of drug-likeness (QED) is 0.0484. The van der Waals surface area contributed by atoms with Crippen LogP contribution in [0, 0.1) is 0 Å². The van der Waals surface area contributed by atoms with Gasteiger partial charge in [0, 0.05) is 26.7 Å². The first-order valence-electron chi connectivity index (χ1n) is 26.8. The van der Waals surface area contributed by atoms with E-state index in [-0.39, 0.29) is 42.0 Å². The van der Waals surface area contributed by atoms with Gasteiger partial charge in [0.1, 0.15) is 6.10 Å². The molecule has 0 aliphatic heterocycles. The van der Waals surface area contributed by atoms with Crippen LogP contribution < -0.4 is 5.32 Å². The van der Waals surface area contributed by atoms with Gasteiger partial charge in [-0.15, -0.1) is 0 Å². The van der Waals surface area contributed by atoms with Crippen LogP contribution in [0.15, 0.2) is 0 Å². The van der Waals surface area contributed by atoms with Crippen molar-refractivity contribution in [3.8, 4) is 0 Å². The molecule has 0 heterocycles. The Labute approximate surface area is 380 Å². The molecule has 0 aromatic carbocycles. The van der Waals surface area contributed by atoms with E-state index in [0.29, 0.717) is 26.4 Å². The molecule has 7 nitrogen and oxygen atoms in total. The maximum absolute atomic E-state index is 12.9. The normalized spacial score (nSPS) is 12.1. The standard InChI is InChI=1S/C54H107NO6/c1-8-10-12-14-16-18-20-22-24-26-28-30-32-34-36-38-40-50(41-39-37-35-33-31-29-27-25-23-21-19-17-15-13-11-9-2)61-52(57)43-42-51(56)55-46-49-59-47-44-54(5,6)60-48-45-53(3,4)58-7/h50H,8-49H2,1-7H3,(H,55,56). The number of hydrogen-bond donors (Lipinski definition) is 1. The Bertz CT molecular complexity index is 903. The molecule has 0 unspecified atom stereocenters. The highest BCUT2D eigenvalue weighted by Crippen LogP contribution is 2.21. The predicted octanol–water partition coefficient (Wildman–Crippen LogP) is 16.1. The van der Waals surface area contributed by atoms with Gasteiger partial charge >= 0.3 is 5.97 Å². The third-order valence-electron chi connectivity index (χ3n) is 12.8. The average molecular weight is 866 g/mol. The van der Waals surface area contributed by atoms with Gasteiger partial charge in [-0.1, -0.05) is 206 Å². The summed E-state index contributed by atoms with van der Waals surface area (Å²) in [6.45, 7) is 14.9. The summed E-state index contributed by atoms with van der Waals surface area (Å²) in [6, 6.07) is 0. The van der Waals surface area contributed by atoms with Crippen LogP contribution in [0.4, 0.5) is 0 Å². The molecule has 1 amide bonds. The molecule has 0 atom stereocenters. The monoisotopic (exact) mass is 866 g/mol. The SMILES string of the molecule is CCCCCCCCCCCCCCCCCCC(CCCCCCCCCCCCCCCCCC)OC(=O)CCC(=O)NCCOCCC(C)(C)OCCC(C)(C)OC. The average Bonchev–Trinajstić information content (AvgIpc) is 3.23. The maximum atomic E-state index is 12.9. The summed E-state index contributed by atoms with van der Waals surface area (Å²) in [6.07, 6.45) is 47.2. The smallest absolute Gasteiger partial charge is 0.306 e. The first-order valence-corrected chi connectivity index (χ1v) is 26.8. The van der Waals surface area contributed by atoms with Gasteiger partial charge in [0.25, 0.3) is 0 Å². The molecule has 364 valence electrons. The van der Waals surface area contributed by atoms with Crippen LogP contribution >= 0.6 is 0 Å². The van der Waals surface area contributed by atoms with Gasteiger partial charge < -0.3 is 24.3 Å². The number of carbonyl (C=O) groups is 2. The number of amides is 1. The van der Waals surface area contributed by atoms with Gasteiger partial charge in [-0.2, -0.15) is 0 Å². The zero-order chi connectivity index (χ0) is 45.0. The Balaban J connectivity index is 4.32. The van der Waals surface area contributed by atoms with Gasteiger partial charge in [0.15, 0.2) is 0 Å². The van der Waals surface area contributed by atoms with Crippen LogP contribution in [0.3, 0.4) is 0 Å². The molecule has 1 N–H and O–H groups in total. The Hall–Kier alpha value is -1.18. The van der Waals surface area contributed by atoms with Crippen LogP contribution in [0.2, 0.25) is 0 Å². The molecule has 61 heavy (non-hydrogen) atoms. The van der Waals surface area contributed by atoms with E-state index in [9.17, 15) is 9.59 Å². The molecular weight excluding hydrogens is 759 g/mol. The summed E-state index contributed by atoms with van der Waals surface area (Å²) in [5.41, 5.74) is -0.483. The van der Waals surface area contributed by atoms with Crippen LogP contribution in [0.25, 0.3) is 0 Å². The second-order valence-electron chi connectivity index (χ2n) is 19.8. The van der Waals surface area contributed by atoms with E-state index in [2.05, 4.69) is 46.9 Å². The van der Waals surface area contributed by atoms with Crippen LogP contribution in [0.5, 0.6) is 0 Å². The first kappa shape index (κ1) is 59.8. The number of methoxy groups -OCH3 is 1. The van der Waals surface area contributed by atoms with Crippen molar-refractivity contribution < 1.29 is 28.5 Å². The molecule has 0 fully saturated rings. The van der Waals surface area contributed by atoms with Crippen molar-refractivity contribution >= 4 is 11.9 Å². The molecule has 7 heteroatoms. The highest BCUT2D eigenvalue weighted by Gasteiger charge is 2.22. The number of hydrogen-bond acceptors (Lipinski definition) is 6. The van der Waals surface area contributed by atoms with Gasteiger partial charge in [0.05, 0.1) is 30.8 Å². The molecular formula is C54H107NO6.